The topological polar surface area (TPSA) is 61.5 Å². The summed E-state index contributed by atoms with van der Waals surface area (Å²) in [5, 5.41) is 0. The Bertz CT molecular complexity index is 1020. The normalized spacial score (nSPS) is 11.1. The number of nitrogens with one attached hydrogen (secondary N) is 2. The molecule has 108 valence electrons. The Morgan fingerprint density at radius 2 is 1.91 bits per heavy atom. The van der Waals surface area contributed by atoms with Gasteiger partial charge in [0.2, 0.25) is 0 Å². The predicted molar refractivity (Wildman–Crippen MR) is 93.2 cm³/mol. The SMILES string of the molecule is O=c1[nH]c(-c2cc(-c3ccccc3)c[nH]2)nc2cc(Br)sc12. The van der Waals surface area contributed by atoms with E-state index in [1.165, 1.54) is 11.3 Å². The summed E-state index contributed by atoms with van der Waals surface area (Å²) in [6.45, 7) is 0. The van der Waals surface area contributed by atoms with Gasteiger partial charge >= 0.3 is 0 Å². The summed E-state index contributed by atoms with van der Waals surface area (Å²) in [5.74, 6) is 0.546. The third-order valence-corrected chi connectivity index (χ3v) is 5.02. The van der Waals surface area contributed by atoms with Crippen molar-refractivity contribution in [3.05, 3.63) is 62.8 Å². The Morgan fingerprint density at radius 1 is 1.09 bits per heavy atom. The lowest BCUT2D eigenvalue weighted by molar-refractivity contribution is 1.16. The van der Waals surface area contributed by atoms with Crippen LogP contribution in [0.15, 0.2) is 57.2 Å². The first kappa shape index (κ1) is 13.5. The van der Waals surface area contributed by atoms with Crippen molar-refractivity contribution in [1.82, 2.24) is 15.0 Å². The average Bonchev–Trinajstić information content (AvgIpc) is 3.14. The second kappa shape index (κ2) is 5.23. The summed E-state index contributed by atoms with van der Waals surface area (Å²) in [4.78, 5) is 22.7. The van der Waals surface area contributed by atoms with E-state index in [-0.39, 0.29) is 5.56 Å². The van der Waals surface area contributed by atoms with Gasteiger partial charge in [0.1, 0.15) is 4.70 Å². The second-order valence-electron chi connectivity index (χ2n) is 4.85. The molecule has 0 saturated carbocycles. The molecule has 4 nitrogen and oxygen atoms in total. The van der Waals surface area contributed by atoms with E-state index in [1.807, 2.05) is 48.7 Å². The molecule has 0 saturated heterocycles. The van der Waals surface area contributed by atoms with Crippen LogP contribution in [0.25, 0.3) is 32.9 Å². The van der Waals surface area contributed by atoms with Gasteiger partial charge in [-0.25, -0.2) is 4.98 Å². The third-order valence-electron chi connectivity index (χ3n) is 3.40. The standard InChI is InChI=1S/C16H10BrN3OS/c17-13-7-11-14(22-13)16(21)20-15(19-11)12-6-10(8-18-12)9-4-2-1-3-5-9/h1-8,18H,(H,19,20,21). The van der Waals surface area contributed by atoms with E-state index >= 15 is 0 Å². The molecule has 0 aliphatic carbocycles. The maximum atomic E-state index is 12.1. The van der Waals surface area contributed by atoms with Crippen molar-refractivity contribution >= 4 is 37.5 Å². The van der Waals surface area contributed by atoms with Crippen LogP contribution >= 0.6 is 27.3 Å². The molecular weight excluding hydrogens is 362 g/mol. The highest BCUT2D eigenvalue weighted by Gasteiger charge is 2.11. The summed E-state index contributed by atoms with van der Waals surface area (Å²) in [6.07, 6.45) is 1.92. The quantitative estimate of drug-likeness (QED) is 0.548. The van der Waals surface area contributed by atoms with Crippen molar-refractivity contribution < 1.29 is 0 Å². The Kier molecular flexibility index (Phi) is 3.20. The van der Waals surface area contributed by atoms with E-state index in [9.17, 15) is 4.79 Å². The maximum Gasteiger partial charge on any atom is 0.269 e. The van der Waals surface area contributed by atoms with E-state index in [0.29, 0.717) is 16.0 Å². The lowest BCUT2D eigenvalue weighted by Gasteiger charge is -1.97. The molecule has 0 spiro atoms. The number of hydrogen-bond donors (Lipinski definition) is 2. The van der Waals surface area contributed by atoms with Gasteiger partial charge in [0.25, 0.3) is 5.56 Å². The van der Waals surface area contributed by atoms with Gasteiger partial charge in [-0.2, -0.15) is 0 Å². The molecule has 0 aliphatic rings. The number of hydrogen-bond acceptors (Lipinski definition) is 3. The number of fused-ring (bicyclic) bond motifs is 1. The van der Waals surface area contributed by atoms with Gasteiger partial charge < -0.3 is 9.97 Å². The molecule has 0 aliphatic heterocycles. The van der Waals surface area contributed by atoms with Gasteiger partial charge in [0.15, 0.2) is 5.82 Å². The molecule has 1 aromatic carbocycles. The molecule has 0 radical (unpaired) electrons. The van der Waals surface area contributed by atoms with Crippen LogP contribution in [0.2, 0.25) is 0 Å². The number of halogens is 1. The molecule has 6 heteroatoms. The van der Waals surface area contributed by atoms with Crippen molar-refractivity contribution in [2.45, 2.75) is 0 Å². The largest absolute Gasteiger partial charge is 0.358 e. The molecule has 3 heterocycles. The number of aromatic nitrogens is 3. The number of benzene rings is 1. The van der Waals surface area contributed by atoms with Crippen molar-refractivity contribution in [3.8, 4) is 22.6 Å². The number of thiophene rings is 1. The summed E-state index contributed by atoms with van der Waals surface area (Å²) < 4.78 is 1.53. The van der Waals surface area contributed by atoms with Crippen LogP contribution in [-0.2, 0) is 0 Å². The van der Waals surface area contributed by atoms with E-state index in [2.05, 4.69) is 30.9 Å². The van der Waals surface area contributed by atoms with Crippen LogP contribution < -0.4 is 5.56 Å². The zero-order valence-corrected chi connectivity index (χ0v) is 13.7. The molecule has 4 aromatic rings. The van der Waals surface area contributed by atoms with Crippen LogP contribution in [0.1, 0.15) is 0 Å². The summed E-state index contributed by atoms with van der Waals surface area (Å²) in [6, 6.07) is 13.9. The minimum Gasteiger partial charge on any atom is -0.358 e. The number of H-pyrrole nitrogens is 2. The minimum absolute atomic E-state index is 0.119. The first-order valence-corrected chi connectivity index (χ1v) is 8.25. The van der Waals surface area contributed by atoms with Crippen molar-refractivity contribution in [1.29, 1.82) is 0 Å². The fourth-order valence-electron chi connectivity index (χ4n) is 2.37. The van der Waals surface area contributed by atoms with Gasteiger partial charge in [0, 0.05) is 6.20 Å². The minimum atomic E-state index is -0.119. The molecule has 22 heavy (non-hydrogen) atoms. The Morgan fingerprint density at radius 3 is 2.73 bits per heavy atom. The summed E-state index contributed by atoms with van der Waals surface area (Å²) >= 11 is 4.78. The number of aromatic amines is 2. The molecule has 0 amide bonds. The van der Waals surface area contributed by atoms with Gasteiger partial charge in [-0.05, 0) is 39.2 Å². The van der Waals surface area contributed by atoms with Gasteiger partial charge in [-0.3, -0.25) is 4.79 Å². The van der Waals surface area contributed by atoms with Gasteiger partial charge in [0.05, 0.1) is 15.0 Å². The smallest absolute Gasteiger partial charge is 0.269 e. The molecule has 2 N–H and O–H groups in total. The van der Waals surface area contributed by atoms with Crippen LogP contribution in [0, 0.1) is 0 Å². The summed E-state index contributed by atoms with van der Waals surface area (Å²) in [5.41, 5.74) is 3.55. The molecular formula is C16H10BrN3OS. The zero-order chi connectivity index (χ0) is 15.1. The molecule has 0 fully saturated rings. The van der Waals surface area contributed by atoms with Crippen LogP contribution in [0.3, 0.4) is 0 Å². The lowest BCUT2D eigenvalue weighted by Crippen LogP contribution is -2.07. The Balaban J connectivity index is 1.83. The van der Waals surface area contributed by atoms with E-state index in [1.54, 1.807) is 0 Å². The monoisotopic (exact) mass is 371 g/mol. The van der Waals surface area contributed by atoms with Gasteiger partial charge in [-0.15, -0.1) is 11.3 Å². The molecule has 0 atom stereocenters. The first-order chi connectivity index (χ1) is 10.7. The molecule has 4 rings (SSSR count). The highest BCUT2D eigenvalue weighted by atomic mass is 79.9. The Labute approximate surface area is 138 Å². The van der Waals surface area contributed by atoms with Crippen LogP contribution in [-0.4, -0.2) is 15.0 Å². The van der Waals surface area contributed by atoms with Crippen molar-refractivity contribution in [3.63, 3.8) is 0 Å². The Hall–Kier alpha value is -2.18. The zero-order valence-electron chi connectivity index (χ0n) is 11.3. The van der Waals surface area contributed by atoms with E-state index in [4.69, 9.17) is 0 Å². The first-order valence-electron chi connectivity index (χ1n) is 6.64. The van der Waals surface area contributed by atoms with Crippen molar-refractivity contribution in [2.24, 2.45) is 0 Å². The summed E-state index contributed by atoms with van der Waals surface area (Å²) in [7, 11) is 0. The number of rotatable bonds is 2. The van der Waals surface area contributed by atoms with E-state index in [0.717, 1.165) is 20.6 Å². The average molecular weight is 372 g/mol. The highest BCUT2D eigenvalue weighted by Crippen LogP contribution is 2.28. The number of nitrogens with zero attached hydrogens (tertiary/aromatic N) is 1. The second-order valence-corrected chi connectivity index (χ2v) is 7.28. The van der Waals surface area contributed by atoms with Crippen LogP contribution in [0.4, 0.5) is 0 Å². The maximum absolute atomic E-state index is 12.1. The lowest BCUT2D eigenvalue weighted by atomic mass is 10.1. The van der Waals surface area contributed by atoms with Gasteiger partial charge in [-0.1, -0.05) is 30.3 Å². The molecule has 0 bridgehead atoms. The van der Waals surface area contributed by atoms with Crippen LogP contribution in [0.5, 0.6) is 0 Å². The molecule has 3 aromatic heterocycles. The fourth-order valence-corrected chi connectivity index (χ4v) is 3.79. The third kappa shape index (κ3) is 2.30. The fraction of sp³-hybridized carbons (Fsp3) is 0. The van der Waals surface area contributed by atoms with Crippen molar-refractivity contribution in [2.75, 3.05) is 0 Å². The highest BCUT2D eigenvalue weighted by molar-refractivity contribution is 9.11. The van der Waals surface area contributed by atoms with E-state index < -0.39 is 0 Å². The predicted octanol–water partition coefficient (Wildman–Crippen LogP) is 4.41. The molecule has 0 unspecified atom stereocenters.